The van der Waals surface area contributed by atoms with Crippen LogP contribution < -0.4 is 0 Å². The van der Waals surface area contributed by atoms with Crippen LogP contribution in [0.15, 0.2) is 22.0 Å². The second-order valence-corrected chi connectivity index (χ2v) is 4.40. The van der Waals surface area contributed by atoms with Crippen molar-refractivity contribution in [1.82, 2.24) is 0 Å². The molecule has 2 rings (SSSR count). The smallest absolute Gasteiger partial charge is 0.337 e. The Kier molecular flexibility index (Phi) is 2.20. The van der Waals surface area contributed by atoms with Gasteiger partial charge < -0.3 is 10.2 Å². The van der Waals surface area contributed by atoms with Crippen molar-refractivity contribution in [3.63, 3.8) is 0 Å². The fourth-order valence-corrected chi connectivity index (χ4v) is 2.82. The molecule has 0 atom stereocenters. The van der Waals surface area contributed by atoms with E-state index in [0.29, 0.717) is 9.86 Å². The summed E-state index contributed by atoms with van der Waals surface area (Å²) in [6, 6.07) is 3.08. The maximum absolute atomic E-state index is 10.8. The van der Waals surface area contributed by atoms with Gasteiger partial charge in [0.15, 0.2) is 0 Å². The summed E-state index contributed by atoms with van der Waals surface area (Å²) in [7, 11) is 0. The molecule has 0 saturated carbocycles. The zero-order valence-electron chi connectivity index (χ0n) is 6.82. The Labute approximate surface area is 91.7 Å². The van der Waals surface area contributed by atoms with E-state index in [1.807, 2.05) is 0 Å². The summed E-state index contributed by atoms with van der Waals surface area (Å²) in [4.78, 5) is 10.8. The summed E-state index contributed by atoms with van der Waals surface area (Å²) in [5, 5.41) is 20.5. The van der Waals surface area contributed by atoms with Crippen LogP contribution >= 0.6 is 27.3 Å². The van der Waals surface area contributed by atoms with E-state index >= 15 is 0 Å². The number of fused-ring (bicyclic) bond motifs is 1. The van der Waals surface area contributed by atoms with Gasteiger partial charge in [-0.05, 0) is 28.1 Å². The van der Waals surface area contributed by atoms with Crippen molar-refractivity contribution in [1.29, 1.82) is 0 Å². The van der Waals surface area contributed by atoms with E-state index in [4.69, 9.17) is 5.11 Å². The van der Waals surface area contributed by atoms with Gasteiger partial charge in [0.05, 0.1) is 14.7 Å². The molecular formula is C9H5BrO3S. The number of carbonyl (C=O) groups is 1. The number of thiophene rings is 1. The molecule has 3 nitrogen and oxygen atoms in total. The fourth-order valence-electron chi connectivity index (χ4n) is 1.22. The summed E-state index contributed by atoms with van der Waals surface area (Å²) in [5.41, 5.74) is 0.269. The monoisotopic (exact) mass is 272 g/mol. The van der Waals surface area contributed by atoms with Gasteiger partial charge in [0.25, 0.3) is 0 Å². The highest BCUT2D eigenvalue weighted by molar-refractivity contribution is 9.10. The molecule has 0 unspecified atom stereocenters. The lowest BCUT2D eigenvalue weighted by Crippen LogP contribution is -1.93. The second-order valence-electron chi connectivity index (χ2n) is 2.73. The largest absolute Gasteiger partial charge is 0.507 e. The molecule has 72 valence electrons. The number of rotatable bonds is 1. The van der Waals surface area contributed by atoms with Crippen molar-refractivity contribution in [2.75, 3.05) is 0 Å². The normalized spacial score (nSPS) is 10.6. The first-order valence-electron chi connectivity index (χ1n) is 3.73. The third-order valence-electron chi connectivity index (χ3n) is 1.89. The van der Waals surface area contributed by atoms with Crippen LogP contribution in [-0.2, 0) is 0 Å². The molecule has 1 heterocycles. The molecule has 0 aliphatic rings. The van der Waals surface area contributed by atoms with Gasteiger partial charge >= 0.3 is 5.97 Å². The lowest BCUT2D eigenvalue weighted by molar-refractivity contribution is 0.0699. The van der Waals surface area contributed by atoms with E-state index in [1.54, 1.807) is 11.4 Å². The average molecular weight is 273 g/mol. The predicted octanol–water partition coefficient (Wildman–Crippen LogP) is 3.07. The molecule has 0 amide bonds. The van der Waals surface area contributed by atoms with Gasteiger partial charge in [-0.3, -0.25) is 0 Å². The van der Waals surface area contributed by atoms with E-state index in [1.165, 1.54) is 17.4 Å². The quantitative estimate of drug-likeness (QED) is 0.839. The topological polar surface area (TPSA) is 57.5 Å². The highest BCUT2D eigenvalue weighted by atomic mass is 79.9. The standard InChI is InChI=1S/C9H5BrO3S/c10-7-6(11)2-1-4-5(9(12)13)3-14-8(4)7/h1-3,11H,(H,12,13). The van der Waals surface area contributed by atoms with Gasteiger partial charge in [-0.15, -0.1) is 11.3 Å². The third-order valence-corrected chi connectivity index (χ3v) is 3.97. The molecule has 0 aliphatic heterocycles. The Balaban J connectivity index is 2.83. The number of phenolic OH excluding ortho intramolecular Hbond substituents is 1. The first-order chi connectivity index (χ1) is 6.61. The van der Waals surface area contributed by atoms with Crippen molar-refractivity contribution >= 4 is 43.3 Å². The van der Waals surface area contributed by atoms with Crippen LogP contribution in [0.25, 0.3) is 10.1 Å². The van der Waals surface area contributed by atoms with Crippen molar-refractivity contribution in [2.24, 2.45) is 0 Å². The van der Waals surface area contributed by atoms with Crippen LogP contribution in [0.2, 0.25) is 0 Å². The zero-order valence-corrected chi connectivity index (χ0v) is 9.22. The number of halogens is 1. The number of aromatic hydroxyl groups is 1. The van der Waals surface area contributed by atoms with Crippen molar-refractivity contribution in [2.45, 2.75) is 0 Å². The molecule has 1 aromatic heterocycles. The number of carboxylic acid groups (broad SMARTS) is 1. The van der Waals surface area contributed by atoms with Gasteiger partial charge in [-0.1, -0.05) is 0 Å². The van der Waals surface area contributed by atoms with Gasteiger partial charge in [-0.2, -0.15) is 0 Å². The molecule has 0 spiro atoms. The molecule has 0 radical (unpaired) electrons. The zero-order chi connectivity index (χ0) is 10.3. The Morgan fingerprint density at radius 3 is 2.79 bits per heavy atom. The van der Waals surface area contributed by atoms with Crippen molar-refractivity contribution < 1.29 is 15.0 Å². The molecule has 0 aliphatic carbocycles. The lowest BCUT2D eigenvalue weighted by atomic mass is 10.2. The van der Waals surface area contributed by atoms with E-state index in [0.717, 1.165) is 4.70 Å². The second kappa shape index (κ2) is 3.25. The number of aromatic carboxylic acids is 1. The molecule has 0 bridgehead atoms. The summed E-state index contributed by atoms with van der Waals surface area (Å²) in [5.74, 6) is -0.829. The summed E-state index contributed by atoms with van der Waals surface area (Å²) >= 11 is 4.51. The fraction of sp³-hybridized carbons (Fsp3) is 0. The van der Waals surface area contributed by atoms with Gasteiger partial charge in [0.1, 0.15) is 5.75 Å². The lowest BCUT2D eigenvalue weighted by Gasteiger charge is -1.98. The van der Waals surface area contributed by atoms with Crippen LogP contribution in [0.3, 0.4) is 0 Å². The van der Waals surface area contributed by atoms with E-state index in [-0.39, 0.29) is 11.3 Å². The predicted molar refractivity (Wildman–Crippen MR) is 58.1 cm³/mol. The van der Waals surface area contributed by atoms with Crippen LogP contribution in [0, 0.1) is 0 Å². The molecule has 2 N–H and O–H groups in total. The molecule has 2 aromatic rings. The highest BCUT2D eigenvalue weighted by Crippen LogP contribution is 2.37. The summed E-state index contributed by atoms with van der Waals surface area (Å²) in [6.45, 7) is 0. The van der Waals surface area contributed by atoms with Crippen LogP contribution in [-0.4, -0.2) is 16.2 Å². The number of hydrogen-bond donors (Lipinski definition) is 2. The van der Waals surface area contributed by atoms with Crippen LogP contribution in [0.4, 0.5) is 0 Å². The van der Waals surface area contributed by atoms with Crippen LogP contribution in [0.1, 0.15) is 10.4 Å². The molecule has 14 heavy (non-hydrogen) atoms. The van der Waals surface area contributed by atoms with Crippen molar-refractivity contribution in [3.05, 3.63) is 27.5 Å². The van der Waals surface area contributed by atoms with E-state index in [9.17, 15) is 9.90 Å². The third kappa shape index (κ3) is 1.29. The number of hydrogen-bond acceptors (Lipinski definition) is 3. The number of phenols is 1. The van der Waals surface area contributed by atoms with Crippen LogP contribution in [0.5, 0.6) is 5.75 Å². The minimum Gasteiger partial charge on any atom is -0.507 e. The van der Waals surface area contributed by atoms with Gasteiger partial charge in [0.2, 0.25) is 0 Å². The van der Waals surface area contributed by atoms with E-state index < -0.39 is 5.97 Å². The highest BCUT2D eigenvalue weighted by Gasteiger charge is 2.13. The maximum atomic E-state index is 10.8. The first kappa shape index (κ1) is 9.48. The Morgan fingerprint density at radius 1 is 1.43 bits per heavy atom. The molecule has 0 fully saturated rings. The minimum atomic E-state index is -0.950. The Bertz CT molecular complexity index is 518. The molecule has 1 aromatic carbocycles. The molecular weight excluding hydrogens is 268 g/mol. The number of benzene rings is 1. The van der Waals surface area contributed by atoms with Gasteiger partial charge in [-0.25, -0.2) is 4.79 Å². The summed E-state index contributed by atoms with van der Waals surface area (Å²) in [6.07, 6.45) is 0. The maximum Gasteiger partial charge on any atom is 0.337 e. The summed E-state index contributed by atoms with van der Waals surface area (Å²) < 4.78 is 1.30. The Morgan fingerprint density at radius 2 is 2.14 bits per heavy atom. The van der Waals surface area contributed by atoms with E-state index in [2.05, 4.69) is 15.9 Å². The first-order valence-corrected chi connectivity index (χ1v) is 5.40. The van der Waals surface area contributed by atoms with Crippen molar-refractivity contribution in [3.8, 4) is 5.75 Å². The Hall–Kier alpha value is -1.07. The molecule has 5 heteroatoms. The SMILES string of the molecule is O=C(O)c1csc2c(Br)c(O)ccc12. The molecule has 0 saturated heterocycles. The number of carboxylic acids is 1. The van der Waals surface area contributed by atoms with Gasteiger partial charge in [0, 0.05) is 10.8 Å². The minimum absolute atomic E-state index is 0.122. The average Bonchev–Trinajstić information content (AvgIpc) is 2.55.